The van der Waals surface area contributed by atoms with Crippen molar-refractivity contribution < 1.29 is 13.6 Å². The van der Waals surface area contributed by atoms with E-state index in [1.165, 1.54) is 0 Å². The average molecular weight is 299 g/mol. The maximum atomic E-state index is 12.6. The second-order valence-electron chi connectivity index (χ2n) is 4.95. The van der Waals surface area contributed by atoms with E-state index in [1.54, 1.807) is 0 Å². The molecule has 1 aromatic rings. The van der Waals surface area contributed by atoms with Gasteiger partial charge in [-0.1, -0.05) is 26.8 Å². The SMILES string of the molecule is CCOP(=O)(Cc1ccc(C(C)C)nc1CC)OCC. The van der Waals surface area contributed by atoms with Crippen molar-refractivity contribution in [2.45, 2.75) is 53.1 Å². The van der Waals surface area contributed by atoms with E-state index in [1.807, 2.05) is 26.0 Å². The summed E-state index contributed by atoms with van der Waals surface area (Å²) in [5.41, 5.74) is 3.01. The summed E-state index contributed by atoms with van der Waals surface area (Å²) in [6.45, 7) is 10.7. The zero-order chi connectivity index (χ0) is 15.2. The van der Waals surface area contributed by atoms with Crippen LogP contribution in [0.5, 0.6) is 0 Å². The molecule has 0 fully saturated rings. The predicted molar refractivity (Wildman–Crippen MR) is 82.3 cm³/mol. The van der Waals surface area contributed by atoms with Crippen LogP contribution in [-0.4, -0.2) is 18.2 Å². The van der Waals surface area contributed by atoms with Crippen LogP contribution in [0.3, 0.4) is 0 Å². The van der Waals surface area contributed by atoms with E-state index < -0.39 is 7.60 Å². The maximum absolute atomic E-state index is 12.6. The molecule has 0 unspecified atom stereocenters. The Morgan fingerprint density at radius 1 is 1.15 bits per heavy atom. The van der Waals surface area contributed by atoms with Crippen molar-refractivity contribution in [2.24, 2.45) is 0 Å². The number of rotatable bonds is 8. The minimum atomic E-state index is -3.06. The van der Waals surface area contributed by atoms with Gasteiger partial charge in [0.2, 0.25) is 0 Å². The van der Waals surface area contributed by atoms with Crippen molar-refractivity contribution in [3.05, 3.63) is 29.1 Å². The van der Waals surface area contributed by atoms with Gasteiger partial charge in [-0.15, -0.1) is 0 Å². The molecular weight excluding hydrogens is 273 g/mol. The average Bonchev–Trinajstić information content (AvgIpc) is 2.39. The fourth-order valence-electron chi connectivity index (χ4n) is 2.05. The molecule has 0 saturated heterocycles. The summed E-state index contributed by atoms with van der Waals surface area (Å²) in [4.78, 5) is 4.66. The molecule has 114 valence electrons. The van der Waals surface area contributed by atoms with Gasteiger partial charge in [0.1, 0.15) is 0 Å². The molecule has 0 N–H and O–H groups in total. The van der Waals surface area contributed by atoms with Gasteiger partial charge in [0, 0.05) is 11.4 Å². The van der Waals surface area contributed by atoms with E-state index in [0.717, 1.165) is 23.4 Å². The first kappa shape index (κ1) is 17.4. The molecule has 0 aliphatic carbocycles. The third-order valence-electron chi connectivity index (χ3n) is 3.03. The summed E-state index contributed by atoms with van der Waals surface area (Å²) in [6.07, 6.45) is 1.11. The quantitative estimate of drug-likeness (QED) is 0.661. The lowest BCUT2D eigenvalue weighted by atomic mass is 10.1. The van der Waals surface area contributed by atoms with Crippen molar-refractivity contribution in [1.29, 1.82) is 0 Å². The molecule has 0 bridgehead atoms. The van der Waals surface area contributed by atoms with E-state index >= 15 is 0 Å². The molecule has 0 saturated carbocycles. The van der Waals surface area contributed by atoms with Gasteiger partial charge >= 0.3 is 7.60 Å². The fraction of sp³-hybridized carbons (Fsp3) is 0.667. The van der Waals surface area contributed by atoms with Gasteiger partial charge in [0.25, 0.3) is 0 Å². The Labute approximate surface area is 122 Å². The molecular formula is C15H26NO3P. The lowest BCUT2D eigenvalue weighted by Gasteiger charge is -2.19. The molecule has 0 radical (unpaired) electrons. The van der Waals surface area contributed by atoms with E-state index in [-0.39, 0.29) is 0 Å². The lowest BCUT2D eigenvalue weighted by Crippen LogP contribution is -2.05. The summed E-state index contributed by atoms with van der Waals surface area (Å²) in [6, 6.07) is 4.01. The molecule has 1 rings (SSSR count). The topological polar surface area (TPSA) is 48.4 Å². The summed E-state index contributed by atoms with van der Waals surface area (Å²) in [5, 5.41) is 0. The van der Waals surface area contributed by atoms with Gasteiger partial charge in [-0.2, -0.15) is 0 Å². The Kier molecular flexibility index (Phi) is 6.87. The van der Waals surface area contributed by atoms with E-state index in [0.29, 0.717) is 25.3 Å². The van der Waals surface area contributed by atoms with Crippen molar-refractivity contribution in [1.82, 2.24) is 4.98 Å². The summed E-state index contributed by atoms with van der Waals surface area (Å²) in [5.74, 6) is 0.389. The van der Waals surface area contributed by atoms with Gasteiger partial charge in [-0.05, 0) is 37.8 Å². The Hall–Kier alpha value is -0.700. The van der Waals surface area contributed by atoms with Gasteiger partial charge < -0.3 is 9.05 Å². The number of hydrogen-bond donors (Lipinski definition) is 0. The molecule has 0 aromatic carbocycles. The van der Waals surface area contributed by atoms with Crippen LogP contribution in [0.2, 0.25) is 0 Å². The monoisotopic (exact) mass is 299 g/mol. The normalized spacial score (nSPS) is 12.1. The molecule has 4 nitrogen and oxygen atoms in total. The predicted octanol–water partition coefficient (Wildman–Crippen LogP) is 4.53. The Bertz CT molecular complexity index is 464. The zero-order valence-corrected chi connectivity index (χ0v) is 14.1. The fourth-order valence-corrected chi connectivity index (χ4v) is 3.80. The maximum Gasteiger partial charge on any atom is 0.335 e. The van der Waals surface area contributed by atoms with Crippen LogP contribution in [0.15, 0.2) is 12.1 Å². The minimum Gasteiger partial charge on any atom is -0.309 e. The highest BCUT2D eigenvalue weighted by molar-refractivity contribution is 7.53. The summed E-state index contributed by atoms with van der Waals surface area (Å²) >= 11 is 0. The van der Waals surface area contributed by atoms with Gasteiger partial charge in [-0.25, -0.2) is 0 Å². The molecule has 5 heteroatoms. The van der Waals surface area contributed by atoms with Crippen LogP contribution < -0.4 is 0 Å². The molecule has 20 heavy (non-hydrogen) atoms. The number of pyridine rings is 1. The Balaban J connectivity index is 3.03. The van der Waals surface area contributed by atoms with Crippen molar-refractivity contribution in [3.8, 4) is 0 Å². The zero-order valence-electron chi connectivity index (χ0n) is 13.2. The minimum absolute atomic E-state index is 0.295. The lowest BCUT2D eigenvalue weighted by molar-refractivity contribution is 0.219. The number of nitrogens with zero attached hydrogens (tertiary/aromatic N) is 1. The largest absolute Gasteiger partial charge is 0.335 e. The van der Waals surface area contributed by atoms with Gasteiger partial charge in [0.05, 0.1) is 19.4 Å². The second-order valence-corrected chi connectivity index (χ2v) is 7.01. The summed E-state index contributed by atoms with van der Waals surface area (Å²) < 4.78 is 23.3. The van der Waals surface area contributed by atoms with Crippen molar-refractivity contribution in [3.63, 3.8) is 0 Å². The van der Waals surface area contributed by atoms with Gasteiger partial charge in [0.15, 0.2) is 0 Å². The highest BCUT2D eigenvalue weighted by atomic mass is 31.2. The first-order valence-corrected chi connectivity index (χ1v) is 9.05. The first-order valence-electron chi connectivity index (χ1n) is 7.32. The third-order valence-corrected chi connectivity index (χ3v) is 5.06. The Morgan fingerprint density at radius 3 is 2.20 bits per heavy atom. The van der Waals surface area contributed by atoms with E-state index in [9.17, 15) is 4.57 Å². The van der Waals surface area contributed by atoms with Crippen LogP contribution in [0.25, 0.3) is 0 Å². The smallest absolute Gasteiger partial charge is 0.309 e. The van der Waals surface area contributed by atoms with Crippen LogP contribution in [-0.2, 0) is 26.2 Å². The highest BCUT2D eigenvalue weighted by Crippen LogP contribution is 2.51. The van der Waals surface area contributed by atoms with Crippen molar-refractivity contribution in [2.75, 3.05) is 13.2 Å². The van der Waals surface area contributed by atoms with Crippen LogP contribution in [0.4, 0.5) is 0 Å². The molecule has 0 spiro atoms. The first-order chi connectivity index (χ1) is 9.45. The van der Waals surface area contributed by atoms with Crippen molar-refractivity contribution >= 4 is 7.60 Å². The number of aryl methyl sites for hydroxylation is 1. The van der Waals surface area contributed by atoms with Crippen LogP contribution >= 0.6 is 7.60 Å². The molecule has 0 aliphatic rings. The number of aromatic nitrogens is 1. The second kappa shape index (κ2) is 7.92. The standard InChI is InChI=1S/C15H26NO3P/c1-6-14-13(9-10-15(16-14)12(4)5)11-20(17,18-7-2)19-8-3/h9-10,12H,6-8,11H2,1-5H3. The van der Waals surface area contributed by atoms with Crippen LogP contribution in [0.1, 0.15) is 57.5 Å². The molecule has 1 aromatic heterocycles. The highest BCUT2D eigenvalue weighted by Gasteiger charge is 2.25. The van der Waals surface area contributed by atoms with Gasteiger partial charge in [-0.3, -0.25) is 9.55 Å². The van der Waals surface area contributed by atoms with Crippen LogP contribution in [0, 0.1) is 0 Å². The third kappa shape index (κ3) is 4.69. The Morgan fingerprint density at radius 2 is 1.75 bits per heavy atom. The van der Waals surface area contributed by atoms with E-state index in [2.05, 4.69) is 25.8 Å². The van der Waals surface area contributed by atoms with E-state index in [4.69, 9.17) is 9.05 Å². The molecule has 0 amide bonds. The number of hydrogen-bond acceptors (Lipinski definition) is 4. The molecule has 0 aliphatic heterocycles. The molecule has 0 atom stereocenters. The molecule has 1 heterocycles. The summed E-state index contributed by atoms with van der Waals surface area (Å²) in [7, 11) is -3.06.